The number of aryl methyl sites for hydroxylation is 1. The first-order valence-electron chi connectivity index (χ1n) is 6.19. The van der Waals surface area contributed by atoms with E-state index in [1.165, 1.54) is 0 Å². The zero-order chi connectivity index (χ0) is 14.6. The average molecular weight is 291 g/mol. The van der Waals surface area contributed by atoms with Crippen LogP contribution in [-0.2, 0) is 22.3 Å². The van der Waals surface area contributed by atoms with Crippen LogP contribution >= 0.6 is 0 Å². The minimum Gasteiger partial charge on any atom is -0.326 e. The molecular formula is C14H17N3O2S. The van der Waals surface area contributed by atoms with Gasteiger partial charge in [0.25, 0.3) is 0 Å². The summed E-state index contributed by atoms with van der Waals surface area (Å²) in [5, 5.41) is 0. The second kappa shape index (κ2) is 6.02. The van der Waals surface area contributed by atoms with E-state index in [0.29, 0.717) is 12.2 Å². The molecule has 2 rings (SSSR count). The van der Waals surface area contributed by atoms with Gasteiger partial charge in [0.05, 0.1) is 11.4 Å². The Bertz CT molecular complexity index is 682. The largest absolute Gasteiger partial charge is 0.326 e. The summed E-state index contributed by atoms with van der Waals surface area (Å²) >= 11 is 0. The van der Waals surface area contributed by atoms with Crippen LogP contribution in [-0.4, -0.2) is 13.4 Å². The molecule has 20 heavy (non-hydrogen) atoms. The molecule has 0 aliphatic rings. The van der Waals surface area contributed by atoms with Gasteiger partial charge in [0, 0.05) is 18.4 Å². The van der Waals surface area contributed by atoms with Crippen LogP contribution in [0.25, 0.3) is 0 Å². The first-order valence-corrected chi connectivity index (χ1v) is 7.85. The molecule has 0 radical (unpaired) electrons. The van der Waals surface area contributed by atoms with E-state index in [1.54, 1.807) is 30.5 Å². The number of anilines is 1. The number of nitrogens with one attached hydrogen (secondary N) is 1. The summed E-state index contributed by atoms with van der Waals surface area (Å²) in [5.41, 5.74) is 8.49. The second-order valence-corrected chi connectivity index (χ2v) is 6.29. The Kier molecular flexibility index (Phi) is 4.36. The first kappa shape index (κ1) is 14.5. The van der Waals surface area contributed by atoms with Crippen molar-refractivity contribution in [1.82, 2.24) is 4.98 Å². The van der Waals surface area contributed by atoms with Crippen LogP contribution in [0.2, 0.25) is 0 Å². The van der Waals surface area contributed by atoms with Crippen molar-refractivity contribution >= 4 is 15.7 Å². The average Bonchev–Trinajstić information content (AvgIpc) is 2.38. The molecule has 1 heterocycles. The predicted octanol–water partition coefficient (Wildman–Crippen LogP) is 1.79. The van der Waals surface area contributed by atoms with Crippen LogP contribution in [0.3, 0.4) is 0 Å². The maximum Gasteiger partial charge on any atom is 0.236 e. The molecule has 0 unspecified atom stereocenters. The van der Waals surface area contributed by atoms with E-state index >= 15 is 0 Å². The lowest BCUT2D eigenvalue weighted by Gasteiger charge is -2.08. The van der Waals surface area contributed by atoms with Gasteiger partial charge in [-0.15, -0.1) is 0 Å². The van der Waals surface area contributed by atoms with Gasteiger partial charge in [-0.2, -0.15) is 0 Å². The first-order chi connectivity index (χ1) is 9.48. The van der Waals surface area contributed by atoms with Gasteiger partial charge in [-0.1, -0.05) is 24.3 Å². The number of nitrogens with zero attached hydrogens (tertiary/aromatic N) is 1. The molecule has 1 aromatic heterocycles. The Morgan fingerprint density at radius 3 is 2.40 bits per heavy atom. The third-order valence-corrected chi connectivity index (χ3v) is 4.05. The molecule has 0 saturated carbocycles. The van der Waals surface area contributed by atoms with E-state index in [-0.39, 0.29) is 5.75 Å². The fourth-order valence-corrected chi connectivity index (χ4v) is 3.01. The van der Waals surface area contributed by atoms with E-state index in [9.17, 15) is 8.42 Å². The van der Waals surface area contributed by atoms with Gasteiger partial charge in [0.1, 0.15) is 0 Å². The lowest BCUT2D eigenvalue weighted by Crippen LogP contribution is -2.15. The molecule has 6 heteroatoms. The summed E-state index contributed by atoms with van der Waals surface area (Å²) in [4.78, 5) is 4.03. The van der Waals surface area contributed by atoms with Crippen molar-refractivity contribution in [3.63, 3.8) is 0 Å². The van der Waals surface area contributed by atoms with Crippen LogP contribution in [0, 0.1) is 6.92 Å². The summed E-state index contributed by atoms with van der Waals surface area (Å²) in [5.74, 6) is -0.0702. The van der Waals surface area contributed by atoms with Crippen LogP contribution in [0.4, 0.5) is 5.69 Å². The standard InChI is InChI=1S/C14H17N3O2S/c1-11-8-14(6-7-16-11)17-20(18,19)10-13-4-2-12(9-15)3-5-13/h2-8H,9-10,15H2,1H3,(H,16,17). The molecule has 0 aliphatic heterocycles. The normalized spacial score (nSPS) is 11.3. The van der Waals surface area contributed by atoms with E-state index in [0.717, 1.165) is 16.8 Å². The summed E-state index contributed by atoms with van der Waals surface area (Å²) in [7, 11) is -3.43. The predicted molar refractivity (Wildman–Crippen MR) is 79.6 cm³/mol. The highest BCUT2D eigenvalue weighted by Crippen LogP contribution is 2.13. The number of rotatable bonds is 5. The highest BCUT2D eigenvalue weighted by molar-refractivity contribution is 7.91. The van der Waals surface area contributed by atoms with Crippen molar-refractivity contribution in [2.24, 2.45) is 5.73 Å². The Morgan fingerprint density at radius 2 is 1.80 bits per heavy atom. The number of hydrogen-bond acceptors (Lipinski definition) is 4. The summed E-state index contributed by atoms with van der Waals surface area (Å²) in [6.07, 6.45) is 1.57. The topological polar surface area (TPSA) is 85.1 Å². The maximum absolute atomic E-state index is 12.1. The van der Waals surface area contributed by atoms with Crippen molar-refractivity contribution < 1.29 is 8.42 Å². The molecule has 0 fully saturated rings. The van der Waals surface area contributed by atoms with Gasteiger partial charge in [-0.25, -0.2) is 8.42 Å². The zero-order valence-electron chi connectivity index (χ0n) is 11.2. The Balaban J connectivity index is 2.10. The smallest absolute Gasteiger partial charge is 0.236 e. The third-order valence-electron chi connectivity index (χ3n) is 2.79. The highest BCUT2D eigenvalue weighted by atomic mass is 32.2. The van der Waals surface area contributed by atoms with Crippen molar-refractivity contribution in [2.75, 3.05) is 4.72 Å². The molecule has 0 amide bonds. The van der Waals surface area contributed by atoms with Crippen LogP contribution in [0.5, 0.6) is 0 Å². The number of aromatic nitrogens is 1. The highest BCUT2D eigenvalue weighted by Gasteiger charge is 2.11. The van der Waals surface area contributed by atoms with Crippen molar-refractivity contribution in [3.05, 3.63) is 59.4 Å². The fraction of sp³-hybridized carbons (Fsp3) is 0.214. The second-order valence-electron chi connectivity index (χ2n) is 4.57. The minimum atomic E-state index is -3.43. The third kappa shape index (κ3) is 4.04. The Hall–Kier alpha value is -1.92. The van der Waals surface area contributed by atoms with Gasteiger partial charge in [0.15, 0.2) is 0 Å². The summed E-state index contributed by atoms with van der Waals surface area (Å²) in [6, 6.07) is 10.5. The lowest BCUT2D eigenvalue weighted by molar-refractivity contribution is 0.600. The molecule has 106 valence electrons. The number of benzene rings is 1. The number of hydrogen-bond donors (Lipinski definition) is 2. The van der Waals surface area contributed by atoms with Gasteiger partial charge < -0.3 is 5.73 Å². The minimum absolute atomic E-state index is 0.0702. The molecule has 0 bridgehead atoms. The summed E-state index contributed by atoms with van der Waals surface area (Å²) < 4.78 is 26.7. The maximum atomic E-state index is 12.1. The van der Waals surface area contributed by atoms with Crippen molar-refractivity contribution in [3.8, 4) is 0 Å². The van der Waals surface area contributed by atoms with Gasteiger partial charge in [0.2, 0.25) is 10.0 Å². The van der Waals surface area contributed by atoms with Crippen LogP contribution < -0.4 is 10.5 Å². The van der Waals surface area contributed by atoms with Gasteiger partial charge in [-0.3, -0.25) is 9.71 Å². The molecule has 2 aromatic rings. The molecule has 1 aromatic carbocycles. The Morgan fingerprint density at radius 1 is 1.15 bits per heavy atom. The zero-order valence-corrected chi connectivity index (χ0v) is 12.0. The molecule has 0 aliphatic carbocycles. The van der Waals surface area contributed by atoms with Gasteiger partial charge in [-0.05, 0) is 30.2 Å². The molecule has 3 N–H and O–H groups in total. The Labute approximate surface area is 118 Å². The molecule has 0 saturated heterocycles. The van der Waals surface area contributed by atoms with E-state index in [4.69, 9.17) is 5.73 Å². The van der Waals surface area contributed by atoms with E-state index in [1.807, 2.05) is 19.1 Å². The van der Waals surface area contributed by atoms with E-state index < -0.39 is 10.0 Å². The SMILES string of the molecule is Cc1cc(NS(=O)(=O)Cc2ccc(CN)cc2)ccn1. The fourth-order valence-electron chi connectivity index (χ4n) is 1.82. The molecule has 0 spiro atoms. The summed E-state index contributed by atoms with van der Waals surface area (Å²) in [6.45, 7) is 2.25. The van der Waals surface area contributed by atoms with Crippen LogP contribution in [0.1, 0.15) is 16.8 Å². The number of sulfonamides is 1. The van der Waals surface area contributed by atoms with Gasteiger partial charge >= 0.3 is 0 Å². The molecule has 0 atom stereocenters. The van der Waals surface area contributed by atoms with Crippen molar-refractivity contribution in [2.45, 2.75) is 19.2 Å². The van der Waals surface area contributed by atoms with E-state index in [2.05, 4.69) is 9.71 Å². The molecular weight excluding hydrogens is 274 g/mol. The van der Waals surface area contributed by atoms with Crippen molar-refractivity contribution in [1.29, 1.82) is 0 Å². The quantitative estimate of drug-likeness (QED) is 0.879. The number of nitrogens with two attached hydrogens (primary N) is 1. The number of pyridine rings is 1. The molecule has 5 nitrogen and oxygen atoms in total. The van der Waals surface area contributed by atoms with Crippen LogP contribution in [0.15, 0.2) is 42.6 Å². The lowest BCUT2D eigenvalue weighted by atomic mass is 10.1. The monoisotopic (exact) mass is 291 g/mol.